The fraction of sp³-hybridized carbons (Fsp3) is 0.364. The number of hydrogen-bond donors (Lipinski definition) is 0. The molecule has 1 aliphatic rings. The van der Waals surface area contributed by atoms with E-state index in [1.807, 2.05) is 6.92 Å². The van der Waals surface area contributed by atoms with Crippen LogP contribution in [0.2, 0.25) is 0 Å². The van der Waals surface area contributed by atoms with Gasteiger partial charge in [0.15, 0.2) is 4.75 Å². The van der Waals surface area contributed by atoms with Crippen molar-refractivity contribution in [3.63, 3.8) is 0 Å². The second kappa shape index (κ2) is 3.55. The van der Waals surface area contributed by atoms with Crippen molar-refractivity contribution in [3.8, 4) is 0 Å². The van der Waals surface area contributed by atoms with Crippen LogP contribution in [0.25, 0.3) is 0 Å². The summed E-state index contributed by atoms with van der Waals surface area (Å²) in [6, 6.07) is 5.04. The van der Waals surface area contributed by atoms with Crippen molar-refractivity contribution in [2.75, 3.05) is 4.31 Å². The van der Waals surface area contributed by atoms with E-state index in [2.05, 4.69) is 15.9 Å². The lowest BCUT2D eigenvalue weighted by atomic mass is 10.1. The number of benzene rings is 1. The van der Waals surface area contributed by atoms with Crippen molar-refractivity contribution in [3.05, 3.63) is 28.2 Å². The number of nitrogens with zero attached hydrogens (tertiary/aromatic N) is 1. The Hall–Kier alpha value is -0.880. The molecule has 1 aromatic carbocycles. The minimum absolute atomic E-state index is 0.381. The topological polar surface area (TPSA) is 54.5 Å². The Kier molecular flexibility index (Phi) is 2.63. The second-order valence-electron chi connectivity index (χ2n) is 4.52. The Morgan fingerprint density at radius 3 is 2.35 bits per heavy atom. The van der Waals surface area contributed by atoms with Crippen molar-refractivity contribution in [2.24, 2.45) is 0 Å². The number of carbonyl (C=O) groups is 1. The number of amides is 1. The van der Waals surface area contributed by atoms with Gasteiger partial charge in [0, 0.05) is 4.47 Å². The first kappa shape index (κ1) is 12.6. The van der Waals surface area contributed by atoms with Gasteiger partial charge in [-0.2, -0.15) is 0 Å². The van der Waals surface area contributed by atoms with Crippen molar-refractivity contribution >= 4 is 37.5 Å². The molecule has 1 aromatic rings. The van der Waals surface area contributed by atoms with Crippen LogP contribution in [-0.4, -0.2) is 19.1 Å². The Balaban J connectivity index is 2.51. The first-order valence-electron chi connectivity index (χ1n) is 5.05. The zero-order chi connectivity index (χ0) is 13.0. The molecule has 0 N–H and O–H groups in total. The molecule has 0 spiro atoms. The summed E-state index contributed by atoms with van der Waals surface area (Å²) in [6.45, 7) is 4.74. The number of rotatable bonds is 1. The van der Waals surface area contributed by atoms with Gasteiger partial charge in [-0.3, -0.25) is 4.79 Å². The van der Waals surface area contributed by atoms with Gasteiger partial charge in [-0.15, -0.1) is 0 Å². The van der Waals surface area contributed by atoms with Crippen molar-refractivity contribution in [2.45, 2.75) is 25.5 Å². The zero-order valence-corrected chi connectivity index (χ0v) is 12.1. The average Bonchev–Trinajstić information content (AvgIpc) is 2.23. The summed E-state index contributed by atoms with van der Waals surface area (Å²) in [4.78, 5) is 11.8. The van der Waals surface area contributed by atoms with E-state index >= 15 is 0 Å². The van der Waals surface area contributed by atoms with E-state index in [1.54, 1.807) is 18.2 Å². The van der Waals surface area contributed by atoms with Crippen molar-refractivity contribution < 1.29 is 13.2 Å². The minimum Gasteiger partial charge on any atom is -0.272 e. The molecule has 0 bridgehead atoms. The summed E-state index contributed by atoms with van der Waals surface area (Å²) in [5.41, 5.74) is 1.37. The maximum absolute atomic E-state index is 12.0. The van der Waals surface area contributed by atoms with E-state index in [0.717, 1.165) is 14.3 Å². The van der Waals surface area contributed by atoms with E-state index < -0.39 is 20.7 Å². The molecule has 0 aliphatic carbocycles. The van der Waals surface area contributed by atoms with Gasteiger partial charge in [-0.25, -0.2) is 12.7 Å². The van der Waals surface area contributed by atoms with Gasteiger partial charge in [0.05, 0.1) is 5.69 Å². The van der Waals surface area contributed by atoms with E-state index in [1.165, 1.54) is 13.8 Å². The first-order valence-corrected chi connectivity index (χ1v) is 7.28. The highest BCUT2D eigenvalue weighted by Crippen LogP contribution is 2.39. The highest BCUT2D eigenvalue weighted by molar-refractivity contribution is 9.10. The molecule has 0 atom stereocenters. The molecule has 1 fully saturated rings. The summed E-state index contributed by atoms with van der Waals surface area (Å²) < 4.78 is 24.3. The van der Waals surface area contributed by atoms with Crippen LogP contribution in [0, 0.1) is 6.92 Å². The van der Waals surface area contributed by atoms with Crippen LogP contribution in [-0.2, 0) is 14.8 Å². The van der Waals surface area contributed by atoms with E-state index in [0.29, 0.717) is 5.69 Å². The maximum atomic E-state index is 12.0. The molecule has 6 heteroatoms. The second-order valence-corrected chi connectivity index (χ2v) is 7.71. The monoisotopic (exact) mass is 317 g/mol. The van der Waals surface area contributed by atoms with Gasteiger partial charge < -0.3 is 0 Å². The third-order valence-corrected chi connectivity index (χ3v) is 6.15. The molecule has 2 rings (SSSR count). The molecule has 0 unspecified atom stereocenters. The molecular weight excluding hydrogens is 306 g/mol. The lowest BCUT2D eigenvalue weighted by Gasteiger charge is -2.42. The summed E-state index contributed by atoms with van der Waals surface area (Å²) >= 11 is 3.32. The summed E-state index contributed by atoms with van der Waals surface area (Å²) in [5, 5.41) is 0. The molecule has 92 valence electrons. The van der Waals surface area contributed by atoms with Gasteiger partial charge in [0.1, 0.15) is 0 Å². The fourth-order valence-electron chi connectivity index (χ4n) is 1.62. The summed E-state index contributed by atoms with van der Waals surface area (Å²) in [5.74, 6) is -0.395. The smallest absolute Gasteiger partial charge is 0.263 e. The third kappa shape index (κ3) is 1.54. The van der Waals surface area contributed by atoms with Crippen LogP contribution in [0.3, 0.4) is 0 Å². The van der Waals surface area contributed by atoms with Gasteiger partial charge >= 0.3 is 0 Å². The summed E-state index contributed by atoms with van der Waals surface area (Å²) in [6.07, 6.45) is 0. The van der Waals surface area contributed by atoms with Crippen LogP contribution >= 0.6 is 15.9 Å². The number of sulfonamides is 1. The predicted molar refractivity (Wildman–Crippen MR) is 69.4 cm³/mol. The molecule has 17 heavy (non-hydrogen) atoms. The van der Waals surface area contributed by atoms with Crippen molar-refractivity contribution in [1.82, 2.24) is 0 Å². The predicted octanol–water partition coefficient (Wildman–Crippen LogP) is 2.21. The first-order chi connectivity index (χ1) is 7.69. The zero-order valence-electron chi connectivity index (χ0n) is 9.69. The van der Waals surface area contributed by atoms with Crippen molar-refractivity contribution in [1.29, 1.82) is 0 Å². The maximum Gasteiger partial charge on any atom is 0.263 e. The van der Waals surface area contributed by atoms with Gasteiger partial charge in [-0.1, -0.05) is 22.0 Å². The molecule has 4 nitrogen and oxygen atoms in total. The van der Waals surface area contributed by atoms with Gasteiger partial charge in [0.25, 0.3) is 15.9 Å². The van der Waals surface area contributed by atoms with E-state index in [9.17, 15) is 13.2 Å². The summed E-state index contributed by atoms with van der Waals surface area (Å²) in [7, 11) is -3.57. The number of anilines is 1. The molecular formula is C11H12BrNO3S. The van der Waals surface area contributed by atoms with E-state index in [-0.39, 0.29) is 0 Å². The third-order valence-electron chi connectivity index (χ3n) is 2.97. The number of hydrogen-bond acceptors (Lipinski definition) is 3. The van der Waals surface area contributed by atoms with Crippen LogP contribution in [0.4, 0.5) is 5.69 Å². The Labute approximate surface area is 109 Å². The van der Waals surface area contributed by atoms with Gasteiger partial charge in [-0.05, 0) is 38.5 Å². The molecule has 0 saturated carbocycles. The molecule has 1 aliphatic heterocycles. The van der Waals surface area contributed by atoms with Gasteiger partial charge in [0.2, 0.25) is 0 Å². The molecule has 0 aromatic heterocycles. The Morgan fingerprint density at radius 2 is 1.88 bits per heavy atom. The lowest BCUT2D eigenvalue weighted by molar-refractivity contribution is -0.120. The SMILES string of the molecule is Cc1ccc(N2C(=O)C(C)(C)S2(=O)=O)cc1Br. The largest absolute Gasteiger partial charge is 0.272 e. The lowest BCUT2D eigenvalue weighted by Crippen LogP contribution is -2.67. The molecule has 1 saturated heterocycles. The average molecular weight is 318 g/mol. The minimum atomic E-state index is -3.57. The normalized spacial score (nSPS) is 21.2. The molecule has 1 heterocycles. The highest BCUT2D eigenvalue weighted by Gasteiger charge is 2.60. The van der Waals surface area contributed by atoms with Crippen LogP contribution < -0.4 is 4.31 Å². The standard InChI is InChI=1S/C11H12BrNO3S/c1-7-4-5-8(6-9(7)12)13-10(14)11(2,3)17(13,15)16/h4-6H,1-3H3. The number of halogens is 1. The Morgan fingerprint density at radius 1 is 1.29 bits per heavy atom. The molecule has 0 radical (unpaired) electrons. The fourth-order valence-corrected chi connectivity index (χ4v) is 3.46. The number of aryl methyl sites for hydroxylation is 1. The highest BCUT2D eigenvalue weighted by atomic mass is 79.9. The van der Waals surface area contributed by atoms with Crippen LogP contribution in [0.15, 0.2) is 22.7 Å². The van der Waals surface area contributed by atoms with Crippen LogP contribution in [0.1, 0.15) is 19.4 Å². The molecule has 1 amide bonds. The Bertz CT molecular complexity index is 607. The number of carbonyl (C=O) groups excluding carboxylic acids is 1. The quantitative estimate of drug-likeness (QED) is 0.798. The van der Waals surface area contributed by atoms with Crippen LogP contribution in [0.5, 0.6) is 0 Å². The van der Waals surface area contributed by atoms with E-state index in [4.69, 9.17) is 0 Å².